The van der Waals surface area contributed by atoms with Crippen molar-refractivity contribution in [3.05, 3.63) is 35.5 Å². The van der Waals surface area contributed by atoms with E-state index < -0.39 is 0 Å². The zero-order valence-electron chi connectivity index (χ0n) is 10.7. The Morgan fingerprint density at radius 2 is 2.16 bits per heavy atom. The zero-order chi connectivity index (χ0) is 13.7. The van der Waals surface area contributed by atoms with Crippen LogP contribution in [0.25, 0.3) is 0 Å². The van der Waals surface area contributed by atoms with E-state index in [1.54, 1.807) is 31.2 Å². The van der Waals surface area contributed by atoms with Gasteiger partial charge in [-0.05, 0) is 31.2 Å². The number of nitrogens with zero attached hydrogens (tertiary/aromatic N) is 1. The van der Waals surface area contributed by atoms with Gasteiger partial charge in [-0.3, -0.25) is 0 Å². The van der Waals surface area contributed by atoms with Gasteiger partial charge in [0.1, 0.15) is 11.6 Å². The first kappa shape index (κ1) is 13.3. The van der Waals surface area contributed by atoms with Crippen LogP contribution in [0.4, 0.5) is 5.69 Å². The van der Waals surface area contributed by atoms with Crippen molar-refractivity contribution in [2.24, 2.45) is 0 Å². The van der Waals surface area contributed by atoms with E-state index in [4.69, 9.17) is 9.47 Å². The summed E-state index contributed by atoms with van der Waals surface area (Å²) in [6, 6.07) is 6.94. The molecule has 1 aromatic carbocycles. The van der Waals surface area contributed by atoms with Gasteiger partial charge in [0.25, 0.3) is 0 Å². The average Bonchev–Trinajstić information content (AvgIpc) is 2.47. The van der Waals surface area contributed by atoms with E-state index in [2.05, 4.69) is 0 Å². The van der Waals surface area contributed by atoms with Gasteiger partial charge < -0.3 is 14.4 Å². The summed E-state index contributed by atoms with van der Waals surface area (Å²) in [5.41, 5.74) is 1.81. The minimum absolute atomic E-state index is 0.267. The van der Waals surface area contributed by atoms with Gasteiger partial charge in [0.05, 0.1) is 25.4 Å². The summed E-state index contributed by atoms with van der Waals surface area (Å²) >= 11 is 0. The van der Waals surface area contributed by atoms with Gasteiger partial charge in [-0.1, -0.05) is 0 Å². The highest BCUT2D eigenvalue weighted by molar-refractivity contribution is 5.89. The first-order chi connectivity index (χ1) is 9.26. The molecule has 0 radical (unpaired) electrons. The third-order valence-electron chi connectivity index (χ3n) is 2.83. The monoisotopic (exact) mass is 261 g/mol. The van der Waals surface area contributed by atoms with Crippen LogP contribution < -0.4 is 4.90 Å². The van der Waals surface area contributed by atoms with Crippen LogP contribution in [0.15, 0.2) is 30.0 Å². The number of ether oxygens (including phenoxy) is 2. The van der Waals surface area contributed by atoms with E-state index in [0.29, 0.717) is 31.0 Å². The number of morpholine rings is 1. The maximum atomic E-state index is 11.5. The maximum Gasteiger partial charge on any atom is 0.338 e. The fraction of sp³-hybridized carbons (Fsp3) is 0.357. The van der Waals surface area contributed by atoms with E-state index in [0.717, 1.165) is 5.69 Å². The highest BCUT2D eigenvalue weighted by Crippen LogP contribution is 2.21. The largest absolute Gasteiger partial charge is 0.462 e. The first-order valence-corrected chi connectivity index (χ1v) is 6.12. The van der Waals surface area contributed by atoms with Crippen LogP contribution in [-0.2, 0) is 14.3 Å². The summed E-state index contributed by atoms with van der Waals surface area (Å²) in [6.45, 7) is 3.54. The van der Waals surface area contributed by atoms with Gasteiger partial charge in [-0.25, -0.2) is 9.59 Å². The number of hydrogen-bond donors (Lipinski definition) is 0. The van der Waals surface area contributed by atoms with E-state index in [1.807, 2.05) is 10.8 Å². The molecule has 19 heavy (non-hydrogen) atoms. The highest BCUT2D eigenvalue weighted by atomic mass is 16.5. The van der Waals surface area contributed by atoms with Crippen molar-refractivity contribution in [1.29, 1.82) is 0 Å². The second-order valence-corrected chi connectivity index (χ2v) is 4.02. The van der Waals surface area contributed by atoms with Gasteiger partial charge >= 0.3 is 5.97 Å². The summed E-state index contributed by atoms with van der Waals surface area (Å²) in [6.07, 6.45) is 0. The van der Waals surface area contributed by atoms with Crippen LogP contribution in [0.2, 0.25) is 0 Å². The third-order valence-corrected chi connectivity index (χ3v) is 2.83. The van der Waals surface area contributed by atoms with Gasteiger partial charge in [-0.2, -0.15) is 0 Å². The Balaban J connectivity index is 2.17. The smallest absolute Gasteiger partial charge is 0.338 e. The number of rotatable bonds is 3. The maximum absolute atomic E-state index is 11.5. The van der Waals surface area contributed by atoms with Crippen molar-refractivity contribution in [2.45, 2.75) is 6.92 Å². The predicted octanol–water partition coefficient (Wildman–Crippen LogP) is 1.42. The fourth-order valence-corrected chi connectivity index (χ4v) is 1.90. The zero-order valence-corrected chi connectivity index (χ0v) is 10.7. The summed E-state index contributed by atoms with van der Waals surface area (Å²) in [4.78, 5) is 24.2. The van der Waals surface area contributed by atoms with E-state index in [9.17, 15) is 9.59 Å². The Kier molecular flexibility index (Phi) is 4.34. The van der Waals surface area contributed by atoms with Crippen LogP contribution in [0, 0.1) is 0 Å². The summed E-state index contributed by atoms with van der Waals surface area (Å²) < 4.78 is 10.1. The number of carbonyl (C=O) groups excluding carboxylic acids is 2. The normalized spacial score (nSPS) is 15.0. The molecule has 1 aliphatic heterocycles. The van der Waals surface area contributed by atoms with Gasteiger partial charge in [0, 0.05) is 12.2 Å². The molecule has 5 heteroatoms. The summed E-state index contributed by atoms with van der Waals surface area (Å²) in [5, 5.41) is 0. The second kappa shape index (κ2) is 6.18. The molecule has 1 heterocycles. The van der Waals surface area contributed by atoms with Crippen LogP contribution in [0.1, 0.15) is 17.3 Å². The number of esters is 1. The SMILES string of the molecule is CCOC(=O)c1ccc(N2CCOCC2=C=O)cc1. The molecule has 100 valence electrons. The average molecular weight is 261 g/mol. The van der Waals surface area contributed by atoms with Crippen LogP contribution in [0.5, 0.6) is 0 Å². The van der Waals surface area contributed by atoms with Crippen LogP contribution >= 0.6 is 0 Å². The standard InChI is InChI=1S/C14H15NO4/c1-2-19-14(17)11-3-5-12(6-4-11)15-7-8-18-10-13(15)9-16/h3-6H,2,7-8,10H2,1H3. The van der Waals surface area contributed by atoms with E-state index >= 15 is 0 Å². The summed E-state index contributed by atoms with van der Waals surface area (Å²) in [7, 11) is 0. The molecule has 0 saturated carbocycles. The molecule has 0 N–H and O–H groups in total. The number of carbonyl (C=O) groups is 1. The quantitative estimate of drug-likeness (QED) is 0.608. The van der Waals surface area contributed by atoms with E-state index in [1.165, 1.54) is 0 Å². The molecule has 1 aromatic rings. The lowest BCUT2D eigenvalue weighted by Crippen LogP contribution is -2.34. The molecule has 0 bridgehead atoms. The Morgan fingerprint density at radius 1 is 1.42 bits per heavy atom. The molecule has 2 rings (SSSR count). The molecule has 5 nitrogen and oxygen atoms in total. The number of anilines is 1. The van der Waals surface area contributed by atoms with Crippen molar-refractivity contribution in [3.8, 4) is 0 Å². The van der Waals surface area contributed by atoms with Crippen molar-refractivity contribution in [1.82, 2.24) is 0 Å². The molecule has 0 atom stereocenters. The Hall–Kier alpha value is -2.10. The molecule has 1 aliphatic rings. The molecule has 0 aromatic heterocycles. The highest BCUT2D eigenvalue weighted by Gasteiger charge is 2.18. The van der Waals surface area contributed by atoms with E-state index in [-0.39, 0.29) is 12.6 Å². The fourth-order valence-electron chi connectivity index (χ4n) is 1.90. The summed E-state index contributed by atoms with van der Waals surface area (Å²) in [5.74, 6) is 1.54. The first-order valence-electron chi connectivity index (χ1n) is 6.12. The molecule has 1 saturated heterocycles. The lowest BCUT2D eigenvalue weighted by Gasteiger charge is -2.29. The lowest BCUT2D eigenvalue weighted by atomic mass is 10.2. The van der Waals surface area contributed by atoms with Crippen molar-refractivity contribution < 1.29 is 19.1 Å². The van der Waals surface area contributed by atoms with Gasteiger partial charge in [-0.15, -0.1) is 0 Å². The van der Waals surface area contributed by atoms with Gasteiger partial charge in [0.2, 0.25) is 0 Å². The predicted molar refractivity (Wildman–Crippen MR) is 69.8 cm³/mol. The molecule has 0 spiro atoms. The van der Waals surface area contributed by atoms with Crippen molar-refractivity contribution >= 4 is 17.6 Å². The molecule has 0 aliphatic carbocycles. The molecular formula is C14H15NO4. The molecule has 1 fully saturated rings. The van der Waals surface area contributed by atoms with Crippen LogP contribution in [0.3, 0.4) is 0 Å². The Labute approximate surface area is 111 Å². The molecular weight excluding hydrogens is 246 g/mol. The second-order valence-electron chi connectivity index (χ2n) is 4.02. The minimum Gasteiger partial charge on any atom is -0.462 e. The number of hydrogen-bond acceptors (Lipinski definition) is 5. The Bertz CT molecular complexity index is 503. The molecule has 0 unspecified atom stereocenters. The topological polar surface area (TPSA) is 55.8 Å². The lowest BCUT2D eigenvalue weighted by molar-refractivity contribution is 0.0526. The molecule has 0 amide bonds. The third kappa shape index (κ3) is 3.02. The van der Waals surface area contributed by atoms with Crippen molar-refractivity contribution in [2.75, 3.05) is 31.3 Å². The van der Waals surface area contributed by atoms with Crippen LogP contribution in [-0.4, -0.2) is 38.3 Å². The van der Waals surface area contributed by atoms with Crippen molar-refractivity contribution in [3.63, 3.8) is 0 Å². The Morgan fingerprint density at radius 3 is 2.79 bits per heavy atom. The van der Waals surface area contributed by atoms with Gasteiger partial charge in [0.15, 0.2) is 0 Å². The minimum atomic E-state index is -0.345. The number of benzene rings is 1.